The van der Waals surface area contributed by atoms with E-state index < -0.39 is 0 Å². The predicted octanol–water partition coefficient (Wildman–Crippen LogP) is 3.77. The molecule has 0 N–H and O–H groups in total. The predicted molar refractivity (Wildman–Crippen MR) is 57.3 cm³/mol. The quantitative estimate of drug-likeness (QED) is 0.697. The third kappa shape index (κ3) is 1.74. The zero-order valence-electron chi connectivity index (χ0n) is 7.12. The first-order valence-corrected chi connectivity index (χ1v) is 5.14. The number of nitrogens with zero attached hydrogens (tertiary/aromatic N) is 1. The molecule has 3 heteroatoms. The highest BCUT2D eigenvalue weighted by Gasteiger charge is 2.04. The molecule has 0 spiro atoms. The molecular formula is C10H8ClNS. The summed E-state index contributed by atoms with van der Waals surface area (Å²) in [5.41, 5.74) is 2.47. The number of hydrogen-bond donors (Lipinski definition) is 0. The number of benzene rings is 1. The summed E-state index contributed by atoms with van der Waals surface area (Å²) in [5, 5.41) is 0. The maximum Gasteiger partial charge on any atom is 0.184 e. The Hall–Kier alpha value is -0.860. The lowest BCUT2D eigenvalue weighted by Gasteiger charge is -1.99. The Labute approximate surface area is 86.0 Å². The normalized spacial score (nSPS) is 10.3. The van der Waals surface area contributed by atoms with Crippen LogP contribution in [0.5, 0.6) is 0 Å². The van der Waals surface area contributed by atoms with Crippen LogP contribution in [-0.4, -0.2) is 4.98 Å². The van der Waals surface area contributed by atoms with Gasteiger partial charge in [-0.2, -0.15) is 0 Å². The van der Waals surface area contributed by atoms with E-state index >= 15 is 0 Å². The van der Waals surface area contributed by atoms with Crippen LogP contribution in [0.4, 0.5) is 0 Å². The van der Waals surface area contributed by atoms with Crippen molar-refractivity contribution in [1.82, 2.24) is 4.98 Å². The zero-order chi connectivity index (χ0) is 9.26. The van der Waals surface area contributed by atoms with Gasteiger partial charge in [0.25, 0.3) is 0 Å². The Balaban J connectivity index is 2.52. The van der Waals surface area contributed by atoms with Gasteiger partial charge in [0.05, 0.1) is 4.88 Å². The number of thiazole rings is 1. The summed E-state index contributed by atoms with van der Waals surface area (Å²) in [4.78, 5) is 5.15. The molecule has 1 nitrogen and oxygen atoms in total. The van der Waals surface area contributed by atoms with Crippen LogP contribution in [0.25, 0.3) is 10.4 Å². The molecule has 0 saturated heterocycles. The van der Waals surface area contributed by atoms with E-state index in [-0.39, 0.29) is 0 Å². The Morgan fingerprint density at radius 2 is 2.08 bits per heavy atom. The van der Waals surface area contributed by atoms with Crippen molar-refractivity contribution in [3.63, 3.8) is 0 Å². The number of halogens is 1. The van der Waals surface area contributed by atoms with Gasteiger partial charge in [0.2, 0.25) is 0 Å². The molecule has 13 heavy (non-hydrogen) atoms. The average Bonchev–Trinajstić information content (AvgIpc) is 2.53. The smallest absolute Gasteiger partial charge is 0.184 e. The van der Waals surface area contributed by atoms with Gasteiger partial charge in [0.15, 0.2) is 4.47 Å². The van der Waals surface area contributed by atoms with E-state index in [9.17, 15) is 0 Å². The molecule has 0 aliphatic heterocycles. The minimum Gasteiger partial charge on any atom is -0.233 e. The lowest BCUT2D eigenvalue weighted by Crippen LogP contribution is -1.77. The Morgan fingerprint density at radius 3 is 2.69 bits per heavy atom. The minimum absolute atomic E-state index is 0.596. The van der Waals surface area contributed by atoms with Crippen LogP contribution in [0, 0.1) is 6.92 Å². The van der Waals surface area contributed by atoms with Gasteiger partial charge in [0, 0.05) is 6.20 Å². The Kier molecular flexibility index (Phi) is 2.34. The third-order valence-corrected chi connectivity index (χ3v) is 3.04. The highest BCUT2D eigenvalue weighted by Crippen LogP contribution is 2.30. The summed E-state index contributed by atoms with van der Waals surface area (Å²) < 4.78 is 0.596. The van der Waals surface area contributed by atoms with Crippen molar-refractivity contribution >= 4 is 22.9 Å². The van der Waals surface area contributed by atoms with E-state index in [2.05, 4.69) is 24.0 Å². The number of aromatic nitrogens is 1. The maximum atomic E-state index is 5.77. The van der Waals surface area contributed by atoms with Crippen molar-refractivity contribution in [2.75, 3.05) is 0 Å². The van der Waals surface area contributed by atoms with Crippen LogP contribution in [0.15, 0.2) is 30.5 Å². The summed E-state index contributed by atoms with van der Waals surface area (Å²) in [6.07, 6.45) is 1.81. The lowest BCUT2D eigenvalue weighted by molar-refractivity contribution is 1.41. The lowest BCUT2D eigenvalue weighted by atomic mass is 10.1. The fourth-order valence-corrected chi connectivity index (χ4v) is 2.26. The van der Waals surface area contributed by atoms with Crippen LogP contribution >= 0.6 is 22.9 Å². The van der Waals surface area contributed by atoms with Gasteiger partial charge in [0.1, 0.15) is 0 Å². The molecule has 2 aromatic rings. The first kappa shape index (κ1) is 8.73. The second-order valence-corrected chi connectivity index (χ2v) is 4.41. The van der Waals surface area contributed by atoms with Crippen LogP contribution < -0.4 is 0 Å². The summed E-state index contributed by atoms with van der Waals surface area (Å²) in [5.74, 6) is 0. The van der Waals surface area contributed by atoms with E-state index in [0.717, 1.165) is 4.88 Å². The van der Waals surface area contributed by atoms with E-state index in [1.54, 1.807) is 0 Å². The molecule has 0 radical (unpaired) electrons. The Morgan fingerprint density at radius 1 is 1.31 bits per heavy atom. The summed E-state index contributed by atoms with van der Waals surface area (Å²) in [7, 11) is 0. The van der Waals surface area contributed by atoms with Crippen molar-refractivity contribution in [3.05, 3.63) is 40.5 Å². The van der Waals surface area contributed by atoms with Crippen molar-refractivity contribution in [2.45, 2.75) is 6.92 Å². The van der Waals surface area contributed by atoms with Crippen LogP contribution in [0.3, 0.4) is 0 Å². The summed E-state index contributed by atoms with van der Waals surface area (Å²) in [6, 6.07) is 8.22. The highest BCUT2D eigenvalue weighted by atomic mass is 35.5. The van der Waals surface area contributed by atoms with Crippen molar-refractivity contribution in [2.24, 2.45) is 0 Å². The second kappa shape index (κ2) is 3.48. The molecular weight excluding hydrogens is 202 g/mol. The Bertz CT molecular complexity index is 422. The largest absolute Gasteiger partial charge is 0.233 e. The molecule has 1 aromatic heterocycles. The van der Waals surface area contributed by atoms with Gasteiger partial charge >= 0.3 is 0 Å². The van der Waals surface area contributed by atoms with Gasteiger partial charge in [-0.25, -0.2) is 4.98 Å². The van der Waals surface area contributed by atoms with E-state index in [1.807, 2.05) is 18.3 Å². The van der Waals surface area contributed by atoms with Crippen LogP contribution in [0.2, 0.25) is 4.47 Å². The molecule has 0 unspecified atom stereocenters. The molecule has 0 saturated carbocycles. The summed E-state index contributed by atoms with van der Waals surface area (Å²) >= 11 is 7.28. The SMILES string of the molecule is Cc1ccccc1-c1cnc(Cl)s1. The fourth-order valence-electron chi connectivity index (χ4n) is 1.23. The number of aryl methyl sites for hydroxylation is 1. The number of hydrogen-bond acceptors (Lipinski definition) is 2. The molecule has 66 valence electrons. The highest BCUT2D eigenvalue weighted by molar-refractivity contribution is 7.18. The third-order valence-electron chi connectivity index (χ3n) is 1.89. The minimum atomic E-state index is 0.596. The van der Waals surface area contributed by atoms with E-state index in [1.165, 1.54) is 22.5 Å². The molecule has 0 atom stereocenters. The van der Waals surface area contributed by atoms with Crippen molar-refractivity contribution in [3.8, 4) is 10.4 Å². The molecule has 0 bridgehead atoms. The molecule has 0 amide bonds. The first-order chi connectivity index (χ1) is 6.27. The van der Waals surface area contributed by atoms with Gasteiger partial charge in [-0.1, -0.05) is 35.9 Å². The van der Waals surface area contributed by atoms with Gasteiger partial charge in [-0.15, -0.1) is 11.3 Å². The fraction of sp³-hybridized carbons (Fsp3) is 0.100. The standard InChI is InChI=1S/C10H8ClNS/c1-7-4-2-3-5-8(7)9-6-12-10(11)13-9/h2-6H,1H3. The van der Waals surface area contributed by atoms with Gasteiger partial charge in [-0.05, 0) is 18.1 Å². The average molecular weight is 210 g/mol. The van der Waals surface area contributed by atoms with E-state index in [4.69, 9.17) is 11.6 Å². The number of rotatable bonds is 1. The zero-order valence-corrected chi connectivity index (χ0v) is 8.69. The van der Waals surface area contributed by atoms with Crippen LogP contribution in [-0.2, 0) is 0 Å². The molecule has 0 aliphatic carbocycles. The first-order valence-electron chi connectivity index (χ1n) is 3.95. The maximum absolute atomic E-state index is 5.77. The molecule has 1 heterocycles. The van der Waals surface area contributed by atoms with Crippen LogP contribution in [0.1, 0.15) is 5.56 Å². The molecule has 1 aromatic carbocycles. The summed E-state index contributed by atoms with van der Waals surface area (Å²) in [6.45, 7) is 2.09. The van der Waals surface area contributed by atoms with Crippen molar-refractivity contribution in [1.29, 1.82) is 0 Å². The van der Waals surface area contributed by atoms with Gasteiger partial charge < -0.3 is 0 Å². The molecule has 0 fully saturated rings. The van der Waals surface area contributed by atoms with Crippen molar-refractivity contribution < 1.29 is 0 Å². The van der Waals surface area contributed by atoms with Gasteiger partial charge in [-0.3, -0.25) is 0 Å². The second-order valence-electron chi connectivity index (χ2n) is 2.79. The monoisotopic (exact) mass is 209 g/mol. The molecule has 0 aliphatic rings. The molecule has 2 rings (SSSR count). The topological polar surface area (TPSA) is 12.9 Å². The van der Waals surface area contributed by atoms with E-state index in [0.29, 0.717) is 4.47 Å².